The summed E-state index contributed by atoms with van der Waals surface area (Å²) >= 11 is 0. The van der Waals surface area contributed by atoms with Crippen LogP contribution in [0.25, 0.3) is 0 Å². The number of fused-ring (bicyclic) bond motifs is 1. The fraction of sp³-hybridized carbons (Fsp3) is 0.636. The molecule has 2 saturated heterocycles. The molecule has 1 atom stereocenters. The van der Waals surface area contributed by atoms with Crippen LogP contribution in [0.5, 0.6) is 0 Å². The lowest BCUT2D eigenvalue weighted by Crippen LogP contribution is -2.51. The molecule has 0 aromatic carbocycles. The second kappa shape index (κ2) is 4.03. The molecule has 1 unspecified atom stereocenters. The normalized spacial score (nSPS) is 24.9. The molecule has 1 aromatic heterocycles. The van der Waals surface area contributed by atoms with E-state index in [2.05, 4.69) is 10.00 Å². The third-order valence-electron chi connectivity index (χ3n) is 3.37. The van der Waals surface area contributed by atoms with Gasteiger partial charge >= 0.3 is 6.09 Å². The Bertz CT molecular complexity index is 431. The molecule has 6 heteroatoms. The lowest BCUT2D eigenvalue weighted by molar-refractivity contribution is 0.115. The van der Waals surface area contributed by atoms with Gasteiger partial charge in [-0.25, -0.2) is 4.79 Å². The summed E-state index contributed by atoms with van der Waals surface area (Å²) in [5, 5.41) is 4.16. The molecule has 2 aliphatic heterocycles. The first-order chi connectivity index (χ1) is 8.22. The number of rotatable bonds is 2. The molecular formula is C11H16N4O2. The topological polar surface area (TPSA) is 50.6 Å². The Labute approximate surface area is 99.7 Å². The minimum Gasteiger partial charge on any atom is -0.447 e. The molecule has 0 saturated carbocycles. The number of aryl methyl sites for hydroxylation is 1. The van der Waals surface area contributed by atoms with E-state index in [4.69, 9.17) is 4.74 Å². The van der Waals surface area contributed by atoms with Crippen LogP contribution in [0.15, 0.2) is 12.4 Å². The average Bonchev–Trinajstić information content (AvgIpc) is 2.87. The summed E-state index contributed by atoms with van der Waals surface area (Å²) in [6, 6.07) is 0.230. The first kappa shape index (κ1) is 10.6. The SMILES string of the molecule is Cn1cc(CN2CCN3C(=O)OCC3C2)cn1. The van der Waals surface area contributed by atoms with E-state index < -0.39 is 0 Å². The zero-order chi connectivity index (χ0) is 11.8. The van der Waals surface area contributed by atoms with Gasteiger partial charge in [-0.1, -0.05) is 0 Å². The van der Waals surface area contributed by atoms with Gasteiger partial charge in [0.05, 0.1) is 12.2 Å². The first-order valence-electron chi connectivity index (χ1n) is 5.85. The Morgan fingerprint density at radius 3 is 3.18 bits per heavy atom. The smallest absolute Gasteiger partial charge is 0.410 e. The predicted molar refractivity (Wildman–Crippen MR) is 60.3 cm³/mol. The Morgan fingerprint density at radius 2 is 2.41 bits per heavy atom. The number of nitrogens with zero attached hydrogens (tertiary/aromatic N) is 4. The van der Waals surface area contributed by atoms with E-state index in [1.165, 1.54) is 5.56 Å². The first-order valence-corrected chi connectivity index (χ1v) is 5.85. The number of amides is 1. The lowest BCUT2D eigenvalue weighted by Gasteiger charge is -2.35. The molecule has 2 aliphatic rings. The van der Waals surface area contributed by atoms with Crippen molar-refractivity contribution in [2.45, 2.75) is 12.6 Å². The number of carbonyl (C=O) groups excluding carboxylic acids is 1. The Hall–Kier alpha value is -1.56. The number of cyclic esters (lactones) is 1. The van der Waals surface area contributed by atoms with Gasteiger partial charge in [0.2, 0.25) is 0 Å². The van der Waals surface area contributed by atoms with Crippen LogP contribution in [0.3, 0.4) is 0 Å². The summed E-state index contributed by atoms with van der Waals surface area (Å²) < 4.78 is 6.86. The van der Waals surface area contributed by atoms with Crippen molar-refractivity contribution in [2.24, 2.45) is 7.05 Å². The maximum absolute atomic E-state index is 11.3. The van der Waals surface area contributed by atoms with E-state index in [1.807, 2.05) is 29.0 Å². The van der Waals surface area contributed by atoms with Crippen LogP contribution in [-0.2, 0) is 18.3 Å². The van der Waals surface area contributed by atoms with Crippen molar-refractivity contribution >= 4 is 6.09 Å². The molecule has 3 rings (SSSR count). The highest BCUT2D eigenvalue weighted by atomic mass is 16.6. The molecular weight excluding hydrogens is 220 g/mol. The van der Waals surface area contributed by atoms with Gasteiger partial charge in [-0.15, -0.1) is 0 Å². The van der Waals surface area contributed by atoms with Gasteiger partial charge in [0.15, 0.2) is 0 Å². The van der Waals surface area contributed by atoms with Crippen LogP contribution in [0.1, 0.15) is 5.56 Å². The van der Waals surface area contributed by atoms with Crippen molar-refractivity contribution in [1.82, 2.24) is 19.6 Å². The van der Waals surface area contributed by atoms with Crippen molar-refractivity contribution in [2.75, 3.05) is 26.2 Å². The van der Waals surface area contributed by atoms with Crippen molar-refractivity contribution < 1.29 is 9.53 Å². The van der Waals surface area contributed by atoms with Gasteiger partial charge in [-0.05, 0) is 0 Å². The molecule has 0 aliphatic carbocycles. The molecule has 6 nitrogen and oxygen atoms in total. The number of hydrogen-bond donors (Lipinski definition) is 0. The maximum atomic E-state index is 11.3. The third-order valence-corrected chi connectivity index (χ3v) is 3.37. The molecule has 0 radical (unpaired) electrons. The monoisotopic (exact) mass is 236 g/mol. The molecule has 92 valence electrons. The second-order valence-electron chi connectivity index (χ2n) is 4.68. The van der Waals surface area contributed by atoms with Crippen LogP contribution >= 0.6 is 0 Å². The van der Waals surface area contributed by atoms with Crippen LogP contribution < -0.4 is 0 Å². The number of aromatic nitrogens is 2. The molecule has 1 amide bonds. The fourth-order valence-corrected chi connectivity index (χ4v) is 2.51. The van der Waals surface area contributed by atoms with E-state index in [0.717, 1.165) is 26.2 Å². The van der Waals surface area contributed by atoms with E-state index in [1.54, 1.807) is 0 Å². The summed E-state index contributed by atoms with van der Waals surface area (Å²) in [4.78, 5) is 15.5. The molecule has 0 N–H and O–H groups in total. The number of ether oxygens (including phenoxy) is 1. The molecule has 0 bridgehead atoms. The summed E-state index contributed by atoms with van der Waals surface area (Å²) in [7, 11) is 1.92. The van der Waals surface area contributed by atoms with Crippen molar-refractivity contribution in [3.8, 4) is 0 Å². The highest BCUT2D eigenvalue weighted by Crippen LogP contribution is 2.18. The second-order valence-corrected chi connectivity index (χ2v) is 4.68. The number of hydrogen-bond acceptors (Lipinski definition) is 4. The van der Waals surface area contributed by atoms with Gasteiger partial charge in [0, 0.05) is 45.0 Å². The van der Waals surface area contributed by atoms with Gasteiger partial charge in [0.1, 0.15) is 6.61 Å². The third kappa shape index (κ3) is 2.00. The summed E-state index contributed by atoms with van der Waals surface area (Å²) in [6.07, 6.45) is 3.77. The van der Waals surface area contributed by atoms with Crippen molar-refractivity contribution in [3.05, 3.63) is 18.0 Å². The van der Waals surface area contributed by atoms with E-state index >= 15 is 0 Å². The van der Waals surface area contributed by atoms with Gasteiger partial charge in [-0.2, -0.15) is 5.10 Å². The zero-order valence-corrected chi connectivity index (χ0v) is 9.87. The Kier molecular flexibility index (Phi) is 2.51. The molecule has 1 aromatic rings. The highest BCUT2D eigenvalue weighted by Gasteiger charge is 2.37. The summed E-state index contributed by atoms with van der Waals surface area (Å²) in [5.41, 5.74) is 1.21. The Balaban J connectivity index is 1.62. The van der Waals surface area contributed by atoms with Gasteiger partial charge in [-0.3, -0.25) is 14.5 Å². The van der Waals surface area contributed by atoms with Gasteiger partial charge in [0.25, 0.3) is 0 Å². The molecule has 0 spiro atoms. The van der Waals surface area contributed by atoms with E-state index in [9.17, 15) is 4.79 Å². The number of carbonyl (C=O) groups is 1. The summed E-state index contributed by atoms with van der Waals surface area (Å²) in [5.74, 6) is 0. The molecule has 2 fully saturated rings. The summed E-state index contributed by atoms with van der Waals surface area (Å²) in [6.45, 7) is 3.99. The highest BCUT2D eigenvalue weighted by molar-refractivity contribution is 5.70. The molecule has 3 heterocycles. The maximum Gasteiger partial charge on any atom is 0.410 e. The fourth-order valence-electron chi connectivity index (χ4n) is 2.51. The number of piperazine rings is 1. The van der Waals surface area contributed by atoms with Crippen molar-refractivity contribution in [1.29, 1.82) is 0 Å². The largest absolute Gasteiger partial charge is 0.447 e. The Morgan fingerprint density at radius 1 is 1.53 bits per heavy atom. The minimum atomic E-state index is -0.156. The van der Waals surface area contributed by atoms with Crippen LogP contribution in [0, 0.1) is 0 Å². The minimum absolute atomic E-state index is 0.156. The van der Waals surface area contributed by atoms with Crippen molar-refractivity contribution in [3.63, 3.8) is 0 Å². The average molecular weight is 236 g/mol. The standard InChI is InChI=1S/C11H16N4O2/c1-13-5-9(4-12-13)6-14-2-3-15-10(7-14)8-17-11(15)16/h4-5,10H,2-3,6-8H2,1H3. The lowest BCUT2D eigenvalue weighted by atomic mass is 10.2. The van der Waals surface area contributed by atoms with Gasteiger partial charge < -0.3 is 4.74 Å². The van der Waals surface area contributed by atoms with E-state index in [0.29, 0.717) is 6.61 Å². The zero-order valence-electron chi connectivity index (χ0n) is 9.87. The van der Waals surface area contributed by atoms with Crippen LogP contribution in [0.2, 0.25) is 0 Å². The molecule has 17 heavy (non-hydrogen) atoms. The van der Waals surface area contributed by atoms with Crippen LogP contribution in [-0.4, -0.2) is 58.0 Å². The predicted octanol–water partition coefficient (Wildman–Crippen LogP) is 0.0565. The van der Waals surface area contributed by atoms with E-state index in [-0.39, 0.29) is 12.1 Å². The quantitative estimate of drug-likeness (QED) is 0.728. The van der Waals surface area contributed by atoms with Crippen LogP contribution in [0.4, 0.5) is 4.79 Å².